The molecule has 0 N–H and O–H groups in total. The second-order valence-electron chi connectivity index (χ2n) is 4.97. The number of methoxy groups -OCH3 is 1. The third-order valence-electron chi connectivity index (χ3n) is 3.80. The minimum Gasteiger partial charge on any atom is -0.491 e. The quantitative estimate of drug-likeness (QED) is 0.807. The Labute approximate surface area is 112 Å². The van der Waals surface area contributed by atoms with Gasteiger partial charge in [0.1, 0.15) is 18.0 Å². The Bertz CT molecular complexity index is 427. The molecule has 1 aromatic heterocycles. The van der Waals surface area contributed by atoms with Crippen LogP contribution in [-0.4, -0.2) is 44.6 Å². The standard InChI is InChI=1S/C14H19NO4/c1-16-14(4-7-17-10-14)13-8-11(2-5-15-13)19-9-12-3-6-18-12/h2,5,8,12H,3-4,6-7,9-10H2,1H3. The molecule has 2 fully saturated rings. The zero-order valence-corrected chi connectivity index (χ0v) is 11.1. The van der Waals surface area contributed by atoms with E-state index in [0.717, 1.165) is 30.9 Å². The lowest BCUT2D eigenvalue weighted by Crippen LogP contribution is -2.33. The van der Waals surface area contributed by atoms with Gasteiger partial charge in [0.25, 0.3) is 0 Å². The van der Waals surface area contributed by atoms with Crippen LogP contribution >= 0.6 is 0 Å². The van der Waals surface area contributed by atoms with E-state index >= 15 is 0 Å². The van der Waals surface area contributed by atoms with Gasteiger partial charge in [-0.2, -0.15) is 0 Å². The first-order valence-corrected chi connectivity index (χ1v) is 6.66. The molecule has 3 rings (SSSR count). The van der Waals surface area contributed by atoms with Crippen molar-refractivity contribution in [2.75, 3.05) is 33.5 Å². The molecule has 0 radical (unpaired) electrons. The predicted octanol–water partition coefficient (Wildman–Crippen LogP) is 1.51. The lowest BCUT2D eigenvalue weighted by atomic mass is 9.98. The van der Waals surface area contributed by atoms with Crippen LogP contribution in [0.4, 0.5) is 0 Å². The molecular weight excluding hydrogens is 246 g/mol. The van der Waals surface area contributed by atoms with Gasteiger partial charge in [0, 0.05) is 45.4 Å². The van der Waals surface area contributed by atoms with E-state index < -0.39 is 5.60 Å². The molecule has 0 aromatic carbocycles. The zero-order valence-electron chi connectivity index (χ0n) is 11.1. The van der Waals surface area contributed by atoms with E-state index in [1.165, 1.54) is 0 Å². The highest BCUT2D eigenvalue weighted by atomic mass is 16.6. The van der Waals surface area contributed by atoms with Gasteiger partial charge in [-0.05, 0) is 6.07 Å². The molecule has 2 aliphatic heterocycles. The van der Waals surface area contributed by atoms with E-state index in [9.17, 15) is 0 Å². The maximum absolute atomic E-state index is 5.74. The van der Waals surface area contributed by atoms with Gasteiger partial charge in [-0.3, -0.25) is 4.98 Å². The summed E-state index contributed by atoms with van der Waals surface area (Å²) >= 11 is 0. The second kappa shape index (κ2) is 5.45. The minimum absolute atomic E-state index is 0.239. The molecule has 0 amide bonds. The van der Waals surface area contributed by atoms with Crippen molar-refractivity contribution in [3.05, 3.63) is 24.0 Å². The Hall–Kier alpha value is -1.17. The summed E-state index contributed by atoms with van der Waals surface area (Å²) in [5, 5.41) is 0. The highest BCUT2D eigenvalue weighted by molar-refractivity contribution is 5.27. The molecule has 2 saturated heterocycles. The average Bonchev–Trinajstić information content (AvgIpc) is 2.87. The first-order chi connectivity index (χ1) is 9.32. The Morgan fingerprint density at radius 2 is 2.37 bits per heavy atom. The number of hydrogen-bond donors (Lipinski definition) is 0. The fourth-order valence-electron chi connectivity index (χ4n) is 2.37. The van der Waals surface area contributed by atoms with Gasteiger partial charge in [-0.1, -0.05) is 0 Å². The molecule has 0 saturated carbocycles. The van der Waals surface area contributed by atoms with Crippen molar-refractivity contribution in [1.29, 1.82) is 0 Å². The van der Waals surface area contributed by atoms with Crippen LogP contribution in [0.15, 0.2) is 18.3 Å². The maximum Gasteiger partial charge on any atom is 0.135 e. The van der Waals surface area contributed by atoms with Gasteiger partial charge in [0.15, 0.2) is 0 Å². The van der Waals surface area contributed by atoms with E-state index in [-0.39, 0.29) is 6.10 Å². The van der Waals surface area contributed by atoms with Crippen molar-refractivity contribution >= 4 is 0 Å². The summed E-state index contributed by atoms with van der Waals surface area (Å²) in [6, 6.07) is 3.80. The van der Waals surface area contributed by atoms with Crippen LogP contribution in [0, 0.1) is 0 Å². The van der Waals surface area contributed by atoms with Crippen LogP contribution < -0.4 is 4.74 Å². The molecule has 19 heavy (non-hydrogen) atoms. The van der Waals surface area contributed by atoms with E-state index in [4.69, 9.17) is 18.9 Å². The highest BCUT2D eigenvalue weighted by Crippen LogP contribution is 2.34. The number of ether oxygens (including phenoxy) is 4. The van der Waals surface area contributed by atoms with E-state index in [1.54, 1.807) is 13.3 Å². The third kappa shape index (κ3) is 2.59. The largest absolute Gasteiger partial charge is 0.491 e. The van der Waals surface area contributed by atoms with E-state index in [1.807, 2.05) is 12.1 Å². The topological polar surface area (TPSA) is 49.8 Å². The Kier molecular flexibility index (Phi) is 3.68. The van der Waals surface area contributed by atoms with Gasteiger partial charge in [0.05, 0.1) is 18.4 Å². The van der Waals surface area contributed by atoms with Crippen LogP contribution in [0.1, 0.15) is 18.5 Å². The summed E-state index contributed by atoms with van der Waals surface area (Å²) in [4.78, 5) is 4.41. The van der Waals surface area contributed by atoms with E-state index in [0.29, 0.717) is 19.8 Å². The average molecular weight is 265 g/mol. The summed E-state index contributed by atoms with van der Waals surface area (Å²) in [5.74, 6) is 0.809. The molecule has 2 atom stereocenters. The second-order valence-corrected chi connectivity index (χ2v) is 4.97. The molecule has 0 aliphatic carbocycles. The summed E-state index contributed by atoms with van der Waals surface area (Å²) in [6.45, 7) is 2.70. The van der Waals surface area contributed by atoms with Crippen molar-refractivity contribution in [1.82, 2.24) is 4.98 Å². The van der Waals surface area contributed by atoms with Crippen molar-refractivity contribution in [2.24, 2.45) is 0 Å². The first-order valence-electron chi connectivity index (χ1n) is 6.66. The lowest BCUT2D eigenvalue weighted by molar-refractivity contribution is -0.0722. The van der Waals surface area contributed by atoms with Crippen molar-refractivity contribution in [2.45, 2.75) is 24.5 Å². The molecule has 0 spiro atoms. The van der Waals surface area contributed by atoms with Gasteiger partial charge in [0.2, 0.25) is 0 Å². The van der Waals surface area contributed by atoms with Crippen LogP contribution in [0.5, 0.6) is 5.75 Å². The Balaban J connectivity index is 1.71. The summed E-state index contributed by atoms with van der Waals surface area (Å²) in [6.07, 6.45) is 3.90. The molecule has 1 aromatic rings. The molecule has 5 heteroatoms. The highest BCUT2D eigenvalue weighted by Gasteiger charge is 2.38. The number of nitrogens with zero attached hydrogens (tertiary/aromatic N) is 1. The summed E-state index contributed by atoms with van der Waals surface area (Å²) in [7, 11) is 1.70. The smallest absolute Gasteiger partial charge is 0.135 e. The van der Waals surface area contributed by atoms with Crippen molar-refractivity contribution in [3.63, 3.8) is 0 Å². The van der Waals surface area contributed by atoms with Crippen LogP contribution in [0.25, 0.3) is 0 Å². The van der Waals surface area contributed by atoms with Crippen LogP contribution in [0.3, 0.4) is 0 Å². The molecule has 5 nitrogen and oxygen atoms in total. The number of pyridine rings is 1. The summed E-state index contributed by atoms with van der Waals surface area (Å²) in [5.41, 5.74) is 0.450. The lowest BCUT2D eigenvalue weighted by Gasteiger charge is -2.27. The first kappa shape index (κ1) is 12.8. The number of hydrogen-bond acceptors (Lipinski definition) is 5. The van der Waals surface area contributed by atoms with Gasteiger partial charge >= 0.3 is 0 Å². The van der Waals surface area contributed by atoms with Crippen LogP contribution in [-0.2, 0) is 19.8 Å². The van der Waals surface area contributed by atoms with Gasteiger partial charge in [-0.15, -0.1) is 0 Å². The number of rotatable bonds is 5. The van der Waals surface area contributed by atoms with Crippen LogP contribution in [0.2, 0.25) is 0 Å². The third-order valence-corrected chi connectivity index (χ3v) is 3.80. The SMILES string of the molecule is COC1(c2cc(OCC3CCO3)ccn2)CCOC1. The fourth-order valence-corrected chi connectivity index (χ4v) is 2.37. The summed E-state index contributed by atoms with van der Waals surface area (Å²) < 4.78 is 22.2. The van der Waals surface area contributed by atoms with Gasteiger partial charge in [-0.25, -0.2) is 0 Å². The fraction of sp³-hybridized carbons (Fsp3) is 0.643. The molecule has 3 heterocycles. The monoisotopic (exact) mass is 265 g/mol. The normalized spacial score (nSPS) is 30.1. The van der Waals surface area contributed by atoms with Gasteiger partial charge < -0.3 is 18.9 Å². The molecular formula is C14H19NO4. The van der Waals surface area contributed by atoms with Crippen molar-refractivity contribution < 1.29 is 18.9 Å². The van der Waals surface area contributed by atoms with Crippen molar-refractivity contribution in [3.8, 4) is 5.75 Å². The molecule has 2 aliphatic rings. The Morgan fingerprint density at radius 3 is 3.00 bits per heavy atom. The number of aromatic nitrogens is 1. The Morgan fingerprint density at radius 1 is 1.47 bits per heavy atom. The maximum atomic E-state index is 5.74. The molecule has 104 valence electrons. The molecule has 2 unspecified atom stereocenters. The zero-order chi connectivity index (χ0) is 13.1. The molecule has 0 bridgehead atoms. The minimum atomic E-state index is -0.424. The van der Waals surface area contributed by atoms with E-state index in [2.05, 4.69) is 4.98 Å². The predicted molar refractivity (Wildman–Crippen MR) is 68.2 cm³/mol.